The summed E-state index contributed by atoms with van der Waals surface area (Å²) in [6.45, 7) is 0.591. The molecule has 1 aliphatic heterocycles. The third-order valence-corrected chi connectivity index (χ3v) is 3.89. The minimum absolute atomic E-state index is 0.00273. The van der Waals surface area contributed by atoms with Gasteiger partial charge in [-0.1, -0.05) is 0 Å². The molecule has 3 aromatic rings. The fourth-order valence-electron chi connectivity index (χ4n) is 2.80. The summed E-state index contributed by atoms with van der Waals surface area (Å²) in [7, 11) is 0. The van der Waals surface area contributed by atoms with Crippen LogP contribution in [0.2, 0.25) is 0 Å². The van der Waals surface area contributed by atoms with Crippen LogP contribution >= 0.6 is 0 Å². The van der Waals surface area contributed by atoms with Gasteiger partial charge in [0.2, 0.25) is 11.2 Å². The Hall–Kier alpha value is -3.15. The van der Waals surface area contributed by atoms with E-state index in [-0.39, 0.29) is 22.5 Å². The summed E-state index contributed by atoms with van der Waals surface area (Å²) in [5.41, 5.74) is 0.726. The van der Waals surface area contributed by atoms with Crippen molar-refractivity contribution in [1.29, 1.82) is 0 Å². The molecule has 23 heavy (non-hydrogen) atoms. The van der Waals surface area contributed by atoms with Crippen LogP contribution < -0.4 is 10.2 Å². The number of fused-ring (bicyclic) bond motifs is 2. The highest BCUT2D eigenvalue weighted by molar-refractivity contribution is 5.88. The van der Waals surface area contributed by atoms with Crippen LogP contribution in [0, 0.1) is 0 Å². The summed E-state index contributed by atoms with van der Waals surface area (Å²) in [6.07, 6.45) is 0.739. The molecule has 0 fully saturated rings. The van der Waals surface area contributed by atoms with Gasteiger partial charge in [0, 0.05) is 24.1 Å². The van der Waals surface area contributed by atoms with Gasteiger partial charge >= 0.3 is 0 Å². The molecule has 2 heterocycles. The number of phenolic OH excluding ortho intramolecular Hbond substituents is 2. The SMILES string of the molecule is O=c1c(O)c(-c2ccc3c(c2)CCO3)oc2cc(O)cc(O)c12. The first kappa shape index (κ1) is 13.5. The zero-order valence-electron chi connectivity index (χ0n) is 11.9. The molecule has 4 rings (SSSR count). The van der Waals surface area contributed by atoms with Gasteiger partial charge in [0.05, 0.1) is 6.61 Å². The minimum Gasteiger partial charge on any atom is -0.508 e. The summed E-state index contributed by atoms with van der Waals surface area (Å²) < 4.78 is 11.0. The van der Waals surface area contributed by atoms with Crippen LogP contribution in [0.3, 0.4) is 0 Å². The molecule has 0 spiro atoms. The fraction of sp³-hybridized carbons (Fsp3) is 0.118. The van der Waals surface area contributed by atoms with Crippen molar-refractivity contribution in [1.82, 2.24) is 0 Å². The number of rotatable bonds is 1. The quantitative estimate of drug-likeness (QED) is 0.638. The molecule has 0 amide bonds. The second-order valence-corrected chi connectivity index (χ2v) is 5.37. The van der Waals surface area contributed by atoms with Crippen LogP contribution in [0.4, 0.5) is 0 Å². The molecule has 3 N–H and O–H groups in total. The van der Waals surface area contributed by atoms with Crippen LogP contribution in [0.25, 0.3) is 22.3 Å². The summed E-state index contributed by atoms with van der Waals surface area (Å²) in [5, 5.41) is 29.4. The van der Waals surface area contributed by atoms with E-state index in [0.717, 1.165) is 23.8 Å². The molecule has 0 aliphatic carbocycles. The van der Waals surface area contributed by atoms with Crippen molar-refractivity contribution in [2.45, 2.75) is 6.42 Å². The van der Waals surface area contributed by atoms with Gasteiger partial charge < -0.3 is 24.5 Å². The Morgan fingerprint density at radius 3 is 2.70 bits per heavy atom. The predicted molar refractivity (Wildman–Crippen MR) is 82.1 cm³/mol. The molecular weight excluding hydrogens is 300 g/mol. The lowest BCUT2D eigenvalue weighted by atomic mass is 10.0. The first-order valence-electron chi connectivity index (χ1n) is 7.02. The molecule has 0 atom stereocenters. The van der Waals surface area contributed by atoms with Crippen molar-refractivity contribution in [3.8, 4) is 34.3 Å². The molecule has 2 aromatic carbocycles. The van der Waals surface area contributed by atoms with Crippen molar-refractivity contribution in [2.75, 3.05) is 6.61 Å². The lowest BCUT2D eigenvalue weighted by Crippen LogP contribution is -2.03. The smallest absolute Gasteiger partial charge is 0.238 e. The average Bonchev–Trinajstić information content (AvgIpc) is 2.97. The van der Waals surface area contributed by atoms with Crippen molar-refractivity contribution in [3.05, 3.63) is 46.1 Å². The van der Waals surface area contributed by atoms with E-state index in [4.69, 9.17) is 9.15 Å². The van der Waals surface area contributed by atoms with Crippen LogP contribution in [-0.2, 0) is 6.42 Å². The van der Waals surface area contributed by atoms with E-state index in [2.05, 4.69) is 0 Å². The maximum atomic E-state index is 12.3. The molecule has 1 aliphatic rings. The van der Waals surface area contributed by atoms with E-state index in [0.29, 0.717) is 12.2 Å². The van der Waals surface area contributed by atoms with Gasteiger partial charge in [-0.3, -0.25) is 4.79 Å². The van der Waals surface area contributed by atoms with Crippen LogP contribution in [0.5, 0.6) is 23.0 Å². The van der Waals surface area contributed by atoms with Crippen LogP contribution in [0.1, 0.15) is 5.56 Å². The lowest BCUT2D eigenvalue weighted by molar-refractivity contribution is 0.357. The van der Waals surface area contributed by atoms with E-state index in [1.54, 1.807) is 18.2 Å². The van der Waals surface area contributed by atoms with E-state index in [1.165, 1.54) is 6.07 Å². The average molecular weight is 312 g/mol. The van der Waals surface area contributed by atoms with E-state index in [1.807, 2.05) is 0 Å². The number of hydrogen-bond donors (Lipinski definition) is 3. The Morgan fingerprint density at radius 2 is 1.87 bits per heavy atom. The van der Waals surface area contributed by atoms with Gasteiger partial charge in [0.1, 0.15) is 28.2 Å². The number of aromatic hydroxyl groups is 3. The molecule has 0 saturated heterocycles. The number of hydrogen-bond acceptors (Lipinski definition) is 6. The van der Waals surface area contributed by atoms with E-state index >= 15 is 0 Å². The first-order chi connectivity index (χ1) is 11.0. The highest BCUT2D eigenvalue weighted by Gasteiger charge is 2.20. The largest absolute Gasteiger partial charge is 0.508 e. The number of phenols is 2. The number of ether oxygens (including phenoxy) is 1. The topological polar surface area (TPSA) is 100 Å². The Balaban J connectivity index is 2.01. The lowest BCUT2D eigenvalue weighted by Gasteiger charge is -2.08. The third-order valence-electron chi connectivity index (χ3n) is 3.89. The maximum Gasteiger partial charge on any atom is 0.238 e. The van der Waals surface area contributed by atoms with E-state index in [9.17, 15) is 20.1 Å². The van der Waals surface area contributed by atoms with Crippen LogP contribution in [-0.4, -0.2) is 21.9 Å². The summed E-state index contributed by atoms with van der Waals surface area (Å²) >= 11 is 0. The Bertz CT molecular complexity index is 1000. The third kappa shape index (κ3) is 1.99. The highest BCUT2D eigenvalue weighted by atomic mass is 16.5. The highest BCUT2D eigenvalue weighted by Crippen LogP contribution is 2.37. The van der Waals surface area contributed by atoms with Crippen molar-refractivity contribution >= 4 is 11.0 Å². The van der Waals surface area contributed by atoms with Crippen molar-refractivity contribution in [2.24, 2.45) is 0 Å². The summed E-state index contributed by atoms with van der Waals surface area (Å²) in [6, 6.07) is 7.45. The Labute approximate surface area is 129 Å². The molecule has 0 saturated carbocycles. The number of benzene rings is 2. The molecule has 6 nitrogen and oxygen atoms in total. The predicted octanol–water partition coefficient (Wildman–Crippen LogP) is 2.51. The standard InChI is InChI=1S/C17H12O6/c18-10-6-11(19)14-13(7-10)23-17(16(21)15(14)20)9-1-2-12-8(5-9)3-4-22-12/h1-2,5-7,18-19,21H,3-4H2. The van der Waals surface area contributed by atoms with Gasteiger partial charge in [-0.05, 0) is 23.8 Å². The van der Waals surface area contributed by atoms with Gasteiger partial charge in [-0.25, -0.2) is 0 Å². The molecule has 6 heteroatoms. The zero-order chi connectivity index (χ0) is 16.1. The molecular formula is C17H12O6. The van der Waals surface area contributed by atoms with E-state index < -0.39 is 16.9 Å². The fourth-order valence-corrected chi connectivity index (χ4v) is 2.80. The molecule has 116 valence electrons. The normalized spacial score (nSPS) is 13.0. The molecule has 1 aromatic heterocycles. The van der Waals surface area contributed by atoms with Gasteiger partial charge in [0.25, 0.3) is 0 Å². The van der Waals surface area contributed by atoms with Gasteiger partial charge in [-0.15, -0.1) is 0 Å². The molecule has 0 bridgehead atoms. The zero-order valence-corrected chi connectivity index (χ0v) is 11.9. The monoisotopic (exact) mass is 312 g/mol. The second kappa shape index (κ2) is 4.67. The second-order valence-electron chi connectivity index (χ2n) is 5.37. The minimum atomic E-state index is -0.754. The summed E-state index contributed by atoms with van der Waals surface area (Å²) in [4.78, 5) is 12.3. The molecule has 0 radical (unpaired) electrons. The maximum absolute atomic E-state index is 12.3. The van der Waals surface area contributed by atoms with Crippen LogP contribution in [0.15, 0.2) is 39.5 Å². The van der Waals surface area contributed by atoms with Crippen molar-refractivity contribution in [3.63, 3.8) is 0 Å². The van der Waals surface area contributed by atoms with Gasteiger partial charge in [0.15, 0.2) is 5.76 Å². The summed E-state index contributed by atoms with van der Waals surface area (Å²) in [5.74, 6) is -0.513. The first-order valence-corrected chi connectivity index (χ1v) is 7.02. The Morgan fingerprint density at radius 1 is 1.04 bits per heavy atom. The van der Waals surface area contributed by atoms with Crippen molar-refractivity contribution < 1.29 is 24.5 Å². The molecule has 0 unspecified atom stereocenters. The Kier molecular flexibility index (Phi) is 2.74. The van der Waals surface area contributed by atoms with Gasteiger partial charge in [-0.2, -0.15) is 0 Å².